The molecule has 0 fully saturated rings. The Balaban J connectivity index is 2.97. The number of hydrogen-bond acceptors (Lipinski definition) is 1. The second-order valence-corrected chi connectivity index (χ2v) is 2.65. The van der Waals surface area contributed by atoms with Crippen LogP contribution in [0.25, 0.3) is 10.9 Å². The Kier molecular flexibility index (Phi) is 1.62. The molecule has 0 saturated carbocycles. The van der Waals surface area contributed by atoms with Crippen molar-refractivity contribution in [2.75, 3.05) is 0 Å². The maximum atomic E-state index is 12.7. The maximum Gasteiger partial charge on any atom is 0.189 e. The molecule has 1 aromatic carbocycles. The van der Waals surface area contributed by atoms with E-state index in [-0.39, 0.29) is 10.8 Å². The van der Waals surface area contributed by atoms with Gasteiger partial charge in [0.05, 0.1) is 5.52 Å². The highest BCUT2D eigenvalue weighted by molar-refractivity contribution is 5.78. The zero-order chi connectivity index (χ0) is 9.42. The van der Waals surface area contributed by atoms with Gasteiger partial charge in [0.15, 0.2) is 17.1 Å². The highest BCUT2D eigenvalue weighted by Gasteiger charge is 2.05. The molecule has 0 aliphatic heterocycles. The third-order valence-corrected chi connectivity index (χ3v) is 1.80. The van der Waals surface area contributed by atoms with Crippen molar-refractivity contribution in [3.05, 3.63) is 46.3 Å². The number of benzene rings is 1. The molecule has 0 unspecified atom stereocenters. The lowest BCUT2D eigenvalue weighted by molar-refractivity contribution is 0.510. The van der Waals surface area contributed by atoms with E-state index < -0.39 is 11.6 Å². The number of rotatable bonds is 0. The minimum atomic E-state index is -1.01. The minimum Gasteiger partial charge on any atom is -0.361 e. The number of aromatic amines is 1. The topological polar surface area (TPSA) is 32.9 Å². The van der Waals surface area contributed by atoms with Gasteiger partial charge in [0.1, 0.15) is 0 Å². The first kappa shape index (κ1) is 7.91. The van der Waals surface area contributed by atoms with Crippen molar-refractivity contribution in [3.63, 3.8) is 0 Å². The summed E-state index contributed by atoms with van der Waals surface area (Å²) >= 11 is 0. The zero-order valence-electron chi connectivity index (χ0n) is 6.47. The molecule has 0 aliphatic carbocycles. The first-order valence-electron chi connectivity index (χ1n) is 3.65. The standard InChI is InChI=1S/C9H5F2NO/c10-6-3-5-8(4-7(6)11)12-2-1-9(5)13/h1-4H,(H,12,13). The van der Waals surface area contributed by atoms with E-state index in [4.69, 9.17) is 0 Å². The van der Waals surface area contributed by atoms with Gasteiger partial charge in [0.2, 0.25) is 0 Å². The molecule has 2 nitrogen and oxygen atoms in total. The van der Waals surface area contributed by atoms with E-state index in [9.17, 15) is 13.6 Å². The molecule has 13 heavy (non-hydrogen) atoms. The minimum absolute atomic E-state index is 0.154. The third-order valence-electron chi connectivity index (χ3n) is 1.80. The number of hydrogen-bond donors (Lipinski definition) is 1. The van der Waals surface area contributed by atoms with Crippen LogP contribution in [0.5, 0.6) is 0 Å². The fourth-order valence-electron chi connectivity index (χ4n) is 1.17. The Morgan fingerprint density at radius 1 is 1.15 bits per heavy atom. The Morgan fingerprint density at radius 2 is 1.85 bits per heavy atom. The lowest BCUT2D eigenvalue weighted by Crippen LogP contribution is -2.01. The zero-order valence-corrected chi connectivity index (χ0v) is 6.47. The van der Waals surface area contributed by atoms with Crippen molar-refractivity contribution in [3.8, 4) is 0 Å². The van der Waals surface area contributed by atoms with Gasteiger partial charge in [-0.25, -0.2) is 8.78 Å². The number of halogens is 2. The van der Waals surface area contributed by atoms with E-state index in [1.165, 1.54) is 12.3 Å². The monoisotopic (exact) mass is 181 g/mol. The van der Waals surface area contributed by atoms with Crippen molar-refractivity contribution < 1.29 is 8.78 Å². The van der Waals surface area contributed by atoms with Gasteiger partial charge in [-0.3, -0.25) is 4.79 Å². The Hall–Kier alpha value is -1.71. The smallest absolute Gasteiger partial charge is 0.189 e. The van der Waals surface area contributed by atoms with Gasteiger partial charge >= 0.3 is 0 Å². The molecule has 0 spiro atoms. The largest absolute Gasteiger partial charge is 0.361 e. The van der Waals surface area contributed by atoms with Crippen LogP contribution in [-0.2, 0) is 0 Å². The van der Waals surface area contributed by atoms with Gasteiger partial charge in [-0.05, 0) is 6.07 Å². The molecule has 0 amide bonds. The molecule has 0 atom stereocenters. The van der Waals surface area contributed by atoms with Crippen molar-refractivity contribution in [2.24, 2.45) is 0 Å². The molecule has 1 heterocycles. The number of nitrogens with one attached hydrogen (secondary N) is 1. The fraction of sp³-hybridized carbons (Fsp3) is 0. The van der Waals surface area contributed by atoms with Crippen LogP contribution in [0.2, 0.25) is 0 Å². The second-order valence-electron chi connectivity index (χ2n) is 2.65. The predicted molar refractivity (Wildman–Crippen MR) is 44.5 cm³/mol. The van der Waals surface area contributed by atoms with E-state index in [1.54, 1.807) is 0 Å². The molecule has 0 saturated heterocycles. The predicted octanol–water partition coefficient (Wildman–Crippen LogP) is 1.81. The van der Waals surface area contributed by atoms with Crippen LogP contribution in [0.15, 0.2) is 29.2 Å². The van der Waals surface area contributed by atoms with E-state index in [1.807, 2.05) is 0 Å². The molecule has 0 bridgehead atoms. The van der Waals surface area contributed by atoms with E-state index in [2.05, 4.69) is 4.98 Å². The summed E-state index contributed by atoms with van der Waals surface area (Å²) in [6.45, 7) is 0. The SMILES string of the molecule is O=c1cc[nH]c2cc(F)c(F)cc12. The Morgan fingerprint density at radius 3 is 2.62 bits per heavy atom. The van der Waals surface area contributed by atoms with Crippen LogP contribution in [0.4, 0.5) is 8.78 Å². The van der Waals surface area contributed by atoms with E-state index in [0.29, 0.717) is 5.52 Å². The molecular formula is C9H5F2NO. The summed E-state index contributed by atoms with van der Waals surface area (Å²) in [6.07, 6.45) is 1.39. The summed E-state index contributed by atoms with van der Waals surface area (Å²) in [5.74, 6) is -1.97. The van der Waals surface area contributed by atoms with E-state index >= 15 is 0 Å². The molecule has 1 aromatic heterocycles. The van der Waals surface area contributed by atoms with Crippen molar-refractivity contribution in [1.82, 2.24) is 4.98 Å². The van der Waals surface area contributed by atoms with Gasteiger partial charge in [0, 0.05) is 23.7 Å². The quantitative estimate of drug-likeness (QED) is 0.660. The summed E-state index contributed by atoms with van der Waals surface area (Å²) in [7, 11) is 0. The van der Waals surface area contributed by atoms with Crippen LogP contribution in [0.1, 0.15) is 0 Å². The first-order chi connectivity index (χ1) is 6.18. The second kappa shape index (κ2) is 2.65. The molecule has 4 heteroatoms. The van der Waals surface area contributed by atoms with Crippen LogP contribution in [0, 0.1) is 11.6 Å². The molecule has 1 N–H and O–H groups in total. The summed E-state index contributed by atoms with van der Waals surface area (Å²) in [5.41, 5.74) is -0.0287. The molecule has 66 valence electrons. The average molecular weight is 181 g/mol. The van der Waals surface area contributed by atoms with Crippen molar-refractivity contribution >= 4 is 10.9 Å². The van der Waals surface area contributed by atoms with Gasteiger partial charge in [-0.1, -0.05) is 0 Å². The summed E-state index contributed by atoms with van der Waals surface area (Å²) in [6, 6.07) is 3.12. The molecule has 2 rings (SSSR count). The van der Waals surface area contributed by atoms with Gasteiger partial charge in [-0.2, -0.15) is 0 Å². The third kappa shape index (κ3) is 1.20. The lowest BCUT2D eigenvalue weighted by Gasteiger charge is -1.97. The Bertz CT molecular complexity index is 518. The van der Waals surface area contributed by atoms with Gasteiger partial charge in [0.25, 0.3) is 0 Å². The molecule has 2 aromatic rings. The molecule has 0 radical (unpaired) electrons. The number of pyridine rings is 1. The summed E-state index contributed by atoms with van der Waals surface area (Å²) in [4.78, 5) is 13.8. The Labute approximate surface area is 71.8 Å². The highest BCUT2D eigenvalue weighted by Crippen LogP contribution is 2.12. The molecule has 0 aliphatic rings. The summed E-state index contributed by atoms with van der Waals surface area (Å²) < 4.78 is 25.4. The number of aromatic nitrogens is 1. The molecular weight excluding hydrogens is 176 g/mol. The first-order valence-corrected chi connectivity index (χ1v) is 3.65. The lowest BCUT2D eigenvalue weighted by atomic mass is 10.2. The van der Waals surface area contributed by atoms with Crippen molar-refractivity contribution in [2.45, 2.75) is 0 Å². The number of fused-ring (bicyclic) bond motifs is 1. The van der Waals surface area contributed by atoms with Crippen LogP contribution in [-0.4, -0.2) is 4.98 Å². The van der Waals surface area contributed by atoms with Crippen LogP contribution in [0.3, 0.4) is 0 Å². The van der Waals surface area contributed by atoms with E-state index in [0.717, 1.165) is 12.1 Å². The fourth-order valence-corrected chi connectivity index (χ4v) is 1.17. The van der Waals surface area contributed by atoms with Crippen molar-refractivity contribution in [1.29, 1.82) is 0 Å². The van der Waals surface area contributed by atoms with Gasteiger partial charge < -0.3 is 4.98 Å². The normalized spacial score (nSPS) is 10.6. The van der Waals surface area contributed by atoms with Crippen LogP contribution >= 0.6 is 0 Å². The summed E-state index contributed by atoms with van der Waals surface area (Å²) in [5, 5.41) is 0.154. The van der Waals surface area contributed by atoms with Gasteiger partial charge in [-0.15, -0.1) is 0 Å². The maximum absolute atomic E-state index is 12.7. The average Bonchev–Trinajstić information content (AvgIpc) is 2.09. The van der Waals surface area contributed by atoms with Crippen LogP contribution < -0.4 is 5.43 Å². The highest BCUT2D eigenvalue weighted by atomic mass is 19.2. The number of H-pyrrole nitrogens is 1.